The maximum atomic E-state index is 10.2. The van der Waals surface area contributed by atoms with Gasteiger partial charge in [-0.25, -0.2) is 4.79 Å². The van der Waals surface area contributed by atoms with E-state index in [-0.39, 0.29) is 23.5 Å². The molecule has 0 atom stereocenters. The van der Waals surface area contributed by atoms with Crippen LogP contribution in [0, 0.1) is 0 Å². The highest BCUT2D eigenvalue weighted by Crippen LogP contribution is 2.25. The number of aryl methyl sites for hydroxylation is 1. The normalized spacial score (nSPS) is 9.27. The lowest BCUT2D eigenvalue weighted by Gasteiger charge is -2.01. The number of phenols is 2. The molecule has 22 heavy (non-hydrogen) atoms. The summed E-state index contributed by atoms with van der Waals surface area (Å²) in [5.74, 6) is -3.74. The van der Waals surface area contributed by atoms with Gasteiger partial charge in [-0.1, -0.05) is 12.6 Å². The highest BCUT2D eigenvalue weighted by Gasteiger charge is 2.07. The Bertz CT molecular complexity index is 576. The lowest BCUT2D eigenvalue weighted by molar-refractivity contribution is -0.139. The molecule has 8 nitrogen and oxygen atoms in total. The summed E-state index contributed by atoms with van der Waals surface area (Å²) in [5.41, 5.74) is 0.389. The van der Waals surface area contributed by atoms with E-state index in [0.29, 0.717) is 12.0 Å². The number of aromatic hydroxyl groups is 2. The number of hydrogen-bond acceptors (Lipinski definition) is 5. The van der Waals surface area contributed by atoms with E-state index in [1.165, 1.54) is 12.1 Å². The van der Waals surface area contributed by atoms with Crippen molar-refractivity contribution in [3.8, 4) is 11.5 Å². The Kier molecular flexibility index (Phi) is 7.77. The van der Waals surface area contributed by atoms with Crippen LogP contribution in [0.25, 0.3) is 0 Å². The average molecular weight is 312 g/mol. The summed E-state index contributed by atoms with van der Waals surface area (Å²) in [5, 5.41) is 42.5. The van der Waals surface area contributed by atoms with Crippen LogP contribution in [0.1, 0.15) is 18.4 Å². The van der Waals surface area contributed by atoms with Crippen LogP contribution in [0.5, 0.6) is 11.5 Å². The summed E-state index contributed by atoms with van der Waals surface area (Å²) in [6.45, 7) is 3.01. The Morgan fingerprint density at radius 1 is 0.955 bits per heavy atom. The minimum atomic E-state index is -1.27. The van der Waals surface area contributed by atoms with Gasteiger partial charge in [0.25, 0.3) is 0 Å². The Morgan fingerprint density at radius 3 is 1.91 bits per heavy atom. The molecule has 0 saturated carbocycles. The van der Waals surface area contributed by atoms with Gasteiger partial charge in [-0.2, -0.15) is 0 Å². The molecular weight excluding hydrogens is 296 g/mol. The van der Waals surface area contributed by atoms with Crippen LogP contribution >= 0.6 is 0 Å². The van der Waals surface area contributed by atoms with Gasteiger partial charge in [0.1, 0.15) is 0 Å². The summed E-state index contributed by atoms with van der Waals surface area (Å²) in [7, 11) is 0. The van der Waals surface area contributed by atoms with E-state index in [1.54, 1.807) is 6.07 Å². The number of hydrogen-bond donors (Lipinski definition) is 5. The predicted octanol–water partition coefficient (Wildman–Crippen LogP) is 1.22. The third-order valence-electron chi connectivity index (χ3n) is 2.33. The second-order valence-electron chi connectivity index (χ2n) is 4.20. The molecule has 0 spiro atoms. The average Bonchev–Trinajstić information content (AvgIpc) is 2.40. The zero-order chi connectivity index (χ0) is 17.3. The van der Waals surface area contributed by atoms with E-state index in [2.05, 4.69) is 6.58 Å². The molecule has 1 rings (SSSR count). The van der Waals surface area contributed by atoms with Gasteiger partial charge in [0.15, 0.2) is 11.5 Å². The number of phenolic OH excluding ortho intramolecular Hbond substituents is 2. The minimum Gasteiger partial charge on any atom is -0.504 e. The SMILES string of the molecule is C=C(CC(=O)O)C(=O)O.O=C(O)CCc1ccc(O)c(O)c1. The number of carboxylic acid groups (broad SMARTS) is 3. The summed E-state index contributed by atoms with van der Waals surface area (Å²) >= 11 is 0. The number of rotatable bonds is 6. The Labute approximate surface area is 125 Å². The van der Waals surface area contributed by atoms with E-state index >= 15 is 0 Å². The number of benzene rings is 1. The van der Waals surface area contributed by atoms with Gasteiger partial charge in [-0.05, 0) is 24.1 Å². The van der Waals surface area contributed by atoms with E-state index in [0.717, 1.165) is 0 Å². The molecule has 0 bridgehead atoms. The van der Waals surface area contributed by atoms with Crippen LogP contribution in [0.15, 0.2) is 30.4 Å². The first-order valence-corrected chi connectivity index (χ1v) is 5.99. The van der Waals surface area contributed by atoms with Crippen molar-refractivity contribution in [3.05, 3.63) is 35.9 Å². The van der Waals surface area contributed by atoms with Crippen molar-refractivity contribution in [3.63, 3.8) is 0 Å². The first-order chi connectivity index (χ1) is 10.1. The summed E-state index contributed by atoms with van der Waals surface area (Å²) in [6.07, 6.45) is -0.136. The molecule has 0 aliphatic rings. The maximum Gasteiger partial charge on any atom is 0.331 e. The van der Waals surface area contributed by atoms with Gasteiger partial charge in [0, 0.05) is 12.0 Å². The van der Waals surface area contributed by atoms with Crippen LogP contribution in [0.2, 0.25) is 0 Å². The van der Waals surface area contributed by atoms with Crippen molar-refractivity contribution in [2.75, 3.05) is 0 Å². The number of carbonyl (C=O) groups is 3. The zero-order valence-electron chi connectivity index (χ0n) is 11.5. The van der Waals surface area contributed by atoms with Gasteiger partial charge in [0.2, 0.25) is 0 Å². The fourth-order valence-electron chi connectivity index (χ4n) is 1.23. The van der Waals surface area contributed by atoms with Gasteiger partial charge >= 0.3 is 17.9 Å². The van der Waals surface area contributed by atoms with Gasteiger partial charge in [-0.3, -0.25) is 9.59 Å². The predicted molar refractivity (Wildman–Crippen MR) is 74.8 cm³/mol. The second kappa shape index (κ2) is 9.01. The van der Waals surface area contributed by atoms with Crippen molar-refractivity contribution in [1.29, 1.82) is 0 Å². The number of aliphatic carboxylic acids is 3. The van der Waals surface area contributed by atoms with E-state index in [1.807, 2.05) is 0 Å². The van der Waals surface area contributed by atoms with Gasteiger partial charge < -0.3 is 25.5 Å². The monoisotopic (exact) mass is 312 g/mol. The van der Waals surface area contributed by atoms with Crippen LogP contribution in [-0.4, -0.2) is 43.4 Å². The molecule has 0 unspecified atom stereocenters. The molecule has 1 aromatic rings. The van der Waals surface area contributed by atoms with Crippen LogP contribution < -0.4 is 0 Å². The van der Waals surface area contributed by atoms with Crippen molar-refractivity contribution in [1.82, 2.24) is 0 Å². The standard InChI is InChI=1S/C9H10O4.C5H6O4/c10-7-3-1-6(5-8(7)11)2-4-9(12)13;1-3(5(8)9)2-4(6)7/h1,3,5,10-11H,2,4H2,(H,12,13);1-2H2,(H,6,7)(H,8,9). The molecule has 0 radical (unpaired) electrons. The largest absolute Gasteiger partial charge is 0.504 e. The highest BCUT2D eigenvalue weighted by atomic mass is 16.4. The Hall–Kier alpha value is -3.03. The van der Waals surface area contributed by atoms with Crippen molar-refractivity contribution in [2.24, 2.45) is 0 Å². The third-order valence-corrected chi connectivity index (χ3v) is 2.33. The molecule has 0 amide bonds. The van der Waals surface area contributed by atoms with E-state index < -0.39 is 24.3 Å². The lowest BCUT2D eigenvalue weighted by atomic mass is 10.1. The summed E-state index contributed by atoms with van der Waals surface area (Å²) < 4.78 is 0. The Morgan fingerprint density at radius 2 is 1.55 bits per heavy atom. The molecule has 120 valence electrons. The van der Waals surface area contributed by atoms with Crippen LogP contribution in [0.3, 0.4) is 0 Å². The molecule has 0 saturated heterocycles. The van der Waals surface area contributed by atoms with Crippen molar-refractivity contribution >= 4 is 17.9 Å². The first kappa shape index (κ1) is 19.0. The second-order valence-corrected chi connectivity index (χ2v) is 4.20. The molecule has 0 aliphatic heterocycles. The first-order valence-electron chi connectivity index (χ1n) is 5.99. The molecule has 1 aromatic carbocycles. The topological polar surface area (TPSA) is 152 Å². The van der Waals surface area contributed by atoms with Crippen LogP contribution in [0.4, 0.5) is 0 Å². The van der Waals surface area contributed by atoms with E-state index in [9.17, 15) is 14.4 Å². The fourth-order valence-corrected chi connectivity index (χ4v) is 1.23. The van der Waals surface area contributed by atoms with Crippen molar-refractivity contribution < 1.29 is 39.9 Å². The zero-order valence-corrected chi connectivity index (χ0v) is 11.5. The summed E-state index contributed by atoms with van der Waals surface area (Å²) in [4.78, 5) is 29.9. The molecule has 0 aromatic heterocycles. The molecule has 0 heterocycles. The minimum absolute atomic E-state index is 0.0181. The fraction of sp³-hybridized carbons (Fsp3) is 0.214. The lowest BCUT2D eigenvalue weighted by Crippen LogP contribution is -2.04. The number of carboxylic acids is 3. The molecule has 5 N–H and O–H groups in total. The highest BCUT2D eigenvalue weighted by molar-refractivity contribution is 5.91. The van der Waals surface area contributed by atoms with Gasteiger partial charge in [-0.15, -0.1) is 0 Å². The molecule has 0 aliphatic carbocycles. The van der Waals surface area contributed by atoms with E-state index in [4.69, 9.17) is 25.5 Å². The third kappa shape index (κ3) is 8.20. The van der Waals surface area contributed by atoms with Gasteiger partial charge in [0.05, 0.1) is 6.42 Å². The Balaban J connectivity index is 0.000000433. The quantitative estimate of drug-likeness (QED) is 0.388. The molecular formula is C14H16O8. The van der Waals surface area contributed by atoms with Crippen LogP contribution in [-0.2, 0) is 20.8 Å². The molecule has 8 heteroatoms. The smallest absolute Gasteiger partial charge is 0.331 e. The summed E-state index contributed by atoms with van der Waals surface area (Å²) in [6, 6.07) is 4.28. The molecule has 0 fully saturated rings. The van der Waals surface area contributed by atoms with Crippen molar-refractivity contribution in [2.45, 2.75) is 19.3 Å². The maximum absolute atomic E-state index is 10.2.